The number of imidazole rings is 1. The molecule has 1 saturated carbocycles. The number of carbonyl (C=O) groups is 1. The second-order valence-corrected chi connectivity index (χ2v) is 7.06. The third-order valence-electron chi connectivity index (χ3n) is 5.21. The maximum atomic E-state index is 12.6. The number of ether oxygens (including phenoxy) is 1. The Bertz CT molecular complexity index is 753. The zero-order valence-corrected chi connectivity index (χ0v) is 18.2. The molecule has 3 N–H and O–H groups in total. The van der Waals surface area contributed by atoms with E-state index in [2.05, 4.69) is 34.8 Å². The minimum Gasteiger partial charge on any atom is -0.377 e. The van der Waals surface area contributed by atoms with E-state index in [1.54, 1.807) is 0 Å². The van der Waals surface area contributed by atoms with Crippen molar-refractivity contribution in [1.82, 2.24) is 14.9 Å². The van der Waals surface area contributed by atoms with Crippen molar-refractivity contribution >= 4 is 41.8 Å². The van der Waals surface area contributed by atoms with Crippen LogP contribution >= 0.6 is 24.8 Å². The van der Waals surface area contributed by atoms with Crippen LogP contribution in [0.15, 0.2) is 24.3 Å². The van der Waals surface area contributed by atoms with E-state index < -0.39 is 0 Å². The van der Waals surface area contributed by atoms with E-state index in [1.165, 1.54) is 0 Å². The average Bonchev–Trinajstić information content (AvgIpc) is 3.02. The van der Waals surface area contributed by atoms with Crippen molar-refractivity contribution in [2.45, 2.75) is 64.8 Å². The molecule has 3 atom stereocenters. The van der Waals surface area contributed by atoms with Crippen LogP contribution in [0, 0.1) is 5.92 Å². The summed E-state index contributed by atoms with van der Waals surface area (Å²) in [7, 11) is 0. The monoisotopic (exact) mass is 430 g/mol. The second-order valence-electron chi connectivity index (χ2n) is 7.06. The molecule has 8 heteroatoms. The third-order valence-corrected chi connectivity index (χ3v) is 5.21. The van der Waals surface area contributed by atoms with Crippen molar-refractivity contribution in [2.24, 2.45) is 11.7 Å². The normalized spacial score (nSPS) is 21.6. The van der Waals surface area contributed by atoms with Crippen molar-refractivity contribution in [1.29, 1.82) is 0 Å². The molecule has 0 saturated heterocycles. The van der Waals surface area contributed by atoms with Crippen molar-refractivity contribution in [3.05, 3.63) is 30.1 Å². The van der Waals surface area contributed by atoms with Crippen molar-refractivity contribution < 1.29 is 9.53 Å². The molecule has 1 fully saturated rings. The molecule has 28 heavy (non-hydrogen) atoms. The lowest BCUT2D eigenvalue weighted by Crippen LogP contribution is -2.46. The number of hydrogen-bond donors (Lipinski definition) is 2. The van der Waals surface area contributed by atoms with Gasteiger partial charge < -0.3 is 20.4 Å². The smallest absolute Gasteiger partial charge is 0.223 e. The highest BCUT2D eigenvalue weighted by Gasteiger charge is 2.32. The maximum absolute atomic E-state index is 12.6. The molecule has 0 bridgehead atoms. The van der Waals surface area contributed by atoms with E-state index in [9.17, 15) is 4.79 Å². The average molecular weight is 431 g/mol. The van der Waals surface area contributed by atoms with Crippen LogP contribution in [0.4, 0.5) is 0 Å². The summed E-state index contributed by atoms with van der Waals surface area (Å²) in [6, 6.07) is 8.00. The SMILES string of the molecule is CCCO[C@@H]1CC[C@H](C(=O)NCc2nc3ccccc3n2CC)C[C@H]1N.Cl.Cl. The van der Waals surface area contributed by atoms with Crippen LogP contribution in [0.5, 0.6) is 0 Å². The number of amides is 1. The van der Waals surface area contributed by atoms with E-state index in [0.29, 0.717) is 13.0 Å². The van der Waals surface area contributed by atoms with Crippen LogP contribution in [0.25, 0.3) is 11.0 Å². The van der Waals surface area contributed by atoms with Crippen molar-refractivity contribution in [3.63, 3.8) is 0 Å². The van der Waals surface area contributed by atoms with E-state index >= 15 is 0 Å². The molecule has 0 spiro atoms. The summed E-state index contributed by atoms with van der Waals surface area (Å²) in [6.45, 7) is 6.20. The van der Waals surface area contributed by atoms with Gasteiger partial charge >= 0.3 is 0 Å². The number of nitrogens with two attached hydrogens (primary N) is 1. The molecule has 1 heterocycles. The lowest BCUT2D eigenvalue weighted by atomic mass is 9.83. The Morgan fingerprint density at radius 1 is 1.29 bits per heavy atom. The number of halogens is 2. The minimum atomic E-state index is -0.0636. The quantitative estimate of drug-likeness (QED) is 0.704. The molecule has 1 aliphatic rings. The fourth-order valence-electron chi connectivity index (χ4n) is 3.82. The Morgan fingerprint density at radius 2 is 2.04 bits per heavy atom. The molecule has 2 aromatic rings. The zero-order chi connectivity index (χ0) is 18.5. The first-order valence-electron chi connectivity index (χ1n) is 9.73. The molecule has 6 nitrogen and oxygen atoms in total. The topological polar surface area (TPSA) is 82.2 Å². The summed E-state index contributed by atoms with van der Waals surface area (Å²) in [5.41, 5.74) is 8.30. The van der Waals surface area contributed by atoms with Gasteiger partial charge in [0.25, 0.3) is 0 Å². The number of benzene rings is 1. The summed E-state index contributed by atoms with van der Waals surface area (Å²) in [4.78, 5) is 17.3. The summed E-state index contributed by atoms with van der Waals surface area (Å²) in [6.07, 6.45) is 3.45. The van der Waals surface area contributed by atoms with Crippen molar-refractivity contribution in [2.75, 3.05) is 6.61 Å². The highest BCUT2D eigenvalue weighted by molar-refractivity contribution is 5.85. The van der Waals surface area contributed by atoms with Gasteiger partial charge in [0, 0.05) is 25.1 Å². The lowest BCUT2D eigenvalue weighted by molar-refractivity contribution is -0.127. The molecular formula is C20H32Cl2N4O2. The number of rotatable bonds is 7. The number of nitrogens with zero attached hydrogens (tertiary/aromatic N) is 2. The number of para-hydroxylation sites is 2. The van der Waals surface area contributed by atoms with Gasteiger partial charge in [0.05, 0.1) is 23.7 Å². The second kappa shape index (κ2) is 11.6. The molecule has 0 radical (unpaired) electrons. The minimum absolute atomic E-state index is 0. The molecule has 1 amide bonds. The standard InChI is InChI=1S/C20H30N4O2.2ClH/c1-3-11-26-18-10-9-14(12-15(18)21)20(25)22-13-19-23-16-7-5-6-8-17(16)24(19)4-2;;/h5-8,14-15,18H,3-4,9-13,21H2,1-2H3,(H,22,25);2*1H/t14-,15+,18+;;/m0../s1. The van der Waals surface area contributed by atoms with E-state index in [4.69, 9.17) is 10.5 Å². The fraction of sp³-hybridized carbons (Fsp3) is 0.600. The number of carbonyl (C=O) groups excluding carboxylic acids is 1. The highest BCUT2D eigenvalue weighted by atomic mass is 35.5. The number of nitrogens with one attached hydrogen (secondary N) is 1. The highest BCUT2D eigenvalue weighted by Crippen LogP contribution is 2.26. The number of fused-ring (bicyclic) bond motifs is 1. The van der Waals surface area contributed by atoms with Crippen LogP contribution in [0.3, 0.4) is 0 Å². The zero-order valence-electron chi connectivity index (χ0n) is 16.6. The van der Waals surface area contributed by atoms with Crippen LogP contribution in [-0.2, 0) is 22.6 Å². The molecule has 0 aliphatic heterocycles. The first-order chi connectivity index (χ1) is 12.6. The fourth-order valence-corrected chi connectivity index (χ4v) is 3.82. The molecular weight excluding hydrogens is 399 g/mol. The van der Waals surface area contributed by atoms with Gasteiger partial charge in [-0.15, -0.1) is 24.8 Å². The van der Waals surface area contributed by atoms with Gasteiger partial charge in [-0.1, -0.05) is 19.1 Å². The van der Waals surface area contributed by atoms with Gasteiger partial charge in [-0.3, -0.25) is 4.79 Å². The molecule has 0 unspecified atom stereocenters. The predicted molar refractivity (Wildman–Crippen MR) is 117 cm³/mol. The van der Waals surface area contributed by atoms with E-state index in [-0.39, 0.29) is 48.8 Å². The summed E-state index contributed by atoms with van der Waals surface area (Å²) < 4.78 is 7.95. The van der Waals surface area contributed by atoms with Gasteiger partial charge in [-0.2, -0.15) is 0 Å². The Morgan fingerprint density at radius 3 is 2.71 bits per heavy atom. The number of aryl methyl sites for hydroxylation is 1. The van der Waals surface area contributed by atoms with Crippen LogP contribution in [0.1, 0.15) is 45.4 Å². The largest absolute Gasteiger partial charge is 0.377 e. The van der Waals surface area contributed by atoms with Crippen LogP contribution < -0.4 is 11.1 Å². The summed E-state index contributed by atoms with van der Waals surface area (Å²) in [5.74, 6) is 0.932. The lowest BCUT2D eigenvalue weighted by Gasteiger charge is -2.33. The Labute approximate surface area is 179 Å². The Hall–Kier alpha value is -1.34. The molecule has 1 aliphatic carbocycles. The number of hydrogen-bond acceptors (Lipinski definition) is 4. The molecule has 1 aromatic heterocycles. The number of aromatic nitrogens is 2. The van der Waals surface area contributed by atoms with Gasteiger partial charge in [0.2, 0.25) is 5.91 Å². The van der Waals surface area contributed by atoms with Gasteiger partial charge in [0.1, 0.15) is 5.82 Å². The Balaban J connectivity index is 0.00000196. The van der Waals surface area contributed by atoms with E-state index in [1.807, 2.05) is 18.2 Å². The van der Waals surface area contributed by atoms with Crippen LogP contribution in [0.2, 0.25) is 0 Å². The first kappa shape index (κ1) is 24.7. The third kappa shape index (κ3) is 5.60. The maximum Gasteiger partial charge on any atom is 0.223 e. The van der Waals surface area contributed by atoms with Crippen molar-refractivity contribution in [3.8, 4) is 0 Å². The van der Waals surface area contributed by atoms with Gasteiger partial charge in [-0.25, -0.2) is 4.98 Å². The van der Waals surface area contributed by atoms with Gasteiger partial charge in [0.15, 0.2) is 0 Å². The molecule has 3 rings (SSSR count). The first-order valence-corrected chi connectivity index (χ1v) is 9.73. The molecule has 158 valence electrons. The molecule has 1 aromatic carbocycles. The summed E-state index contributed by atoms with van der Waals surface area (Å²) >= 11 is 0. The predicted octanol–water partition coefficient (Wildman–Crippen LogP) is 3.44. The van der Waals surface area contributed by atoms with E-state index in [0.717, 1.165) is 49.3 Å². The van der Waals surface area contributed by atoms with Gasteiger partial charge in [-0.05, 0) is 44.7 Å². The van der Waals surface area contributed by atoms with Crippen LogP contribution in [-0.4, -0.2) is 34.2 Å². The summed E-state index contributed by atoms with van der Waals surface area (Å²) in [5, 5.41) is 3.06. The Kier molecular flexibility index (Phi) is 10.2.